The zero-order chi connectivity index (χ0) is 8.27. The molecule has 1 aliphatic heterocycles. The summed E-state index contributed by atoms with van der Waals surface area (Å²) in [6.07, 6.45) is 2.89. The van der Waals surface area contributed by atoms with Crippen LogP contribution in [0, 0.1) is 0 Å². The van der Waals surface area contributed by atoms with Crippen LogP contribution >= 0.6 is 0 Å². The van der Waals surface area contributed by atoms with Gasteiger partial charge < -0.3 is 0 Å². The number of carbonyl (C=O) groups is 2. The Morgan fingerprint density at radius 1 is 1.55 bits per heavy atom. The minimum atomic E-state index is -0.0327. The first-order valence-corrected chi connectivity index (χ1v) is 4.09. The van der Waals surface area contributed by atoms with Gasteiger partial charge in [-0.25, -0.2) is 0 Å². The molecule has 0 N–H and O–H groups in total. The minimum Gasteiger partial charge on any atom is -0.283 e. The van der Waals surface area contributed by atoms with E-state index in [1.165, 1.54) is 4.90 Å². The normalized spacial score (nSPS) is 18.6. The van der Waals surface area contributed by atoms with Crippen LogP contribution in [0.5, 0.6) is 0 Å². The first-order valence-electron chi connectivity index (χ1n) is 4.09. The van der Waals surface area contributed by atoms with Gasteiger partial charge in [-0.3, -0.25) is 14.5 Å². The second kappa shape index (κ2) is 3.51. The second-order valence-electron chi connectivity index (χ2n) is 2.75. The molecule has 1 aliphatic rings. The summed E-state index contributed by atoms with van der Waals surface area (Å²) in [7, 11) is 0. The van der Waals surface area contributed by atoms with Gasteiger partial charge in [-0.2, -0.15) is 0 Å². The standard InChI is InChI=1S/C8H13NO2/c1-2-7(10)9-6-4-3-5-8(9)11/h2-6H2,1H3. The van der Waals surface area contributed by atoms with Crippen molar-refractivity contribution in [2.45, 2.75) is 32.6 Å². The summed E-state index contributed by atoms with van der Waals surface area (Å²) in [6, 6.07) is 0. The van der Waals surface area contributed by atoms with Gasteiger partial charge in [0.05, 0.1) is 0 Å². The monoisotopic (exact) mass is 155 g/mol. The van der Waals surface area contributed by atoms with Crippen LogP contribution in [-0.2, 0) is 9.59 Å². The summed E-state index contributed by atoms with van der Waals surface area (Å²) in [5.74, 6) is -0.0298. The highest BCUT2D eigenvalue weighted by molar-refractivity contribution is 5.95. The van der Waals surface area contributed by atoms with Crippen molar-refractivity contribution in [2.75, 3.05) is 6.54 Å². The first kappa shape index (κ1) is 8.24. The van der Waals surface area contributed by atoms with Crippen LogP contribution in [0.25, 0.3) is 0 Å². The summed E-state index contributed by atoms with van der Waals surface area (Å²) in [5, 5.41) is 0. The van der Waals surface area contributed by atoms with E-state index in [4.69, 9.17) is 0 Å². The molecule has 1 saturated heterocycles. The van der Waals surface area contributed by atoms with Gasteiger partial charge in [0.15, 0.2) is 0 Å². The lowest BCUT2D eigenvalue weighted by Crippen LogP contribution is -2.39. The van der Waals surface area contributed by atoms with Crippen LogP contribution in [-0.4, -0.2) is 23.3 Å². The molecule has 0 bridgehead atoms. The van der Waals surface area contributed by atoms with Gasteiger partial charge in [0.1, 0.15) is 0 Å². The molecule has 3 heteroatoms. The summed E-state index contributed by atoms with van der Waals surface area (Å²) < 4.78 is 0. The topological polar surface area (TPSA) is 37.4 Å². The molecule has 0 aromatic rings. The quantitative estimate of drug-likeness (QED) is 0.565. The first-order chi connectivity index (χ1) is 5.25. The molecule has 11 heavy (non-hydrogen) atoms. The van der Waals surface area contributed by atoms with Crippen molar-refractivity contribution in [1.82, 2.24) is 4.90 Å². The third-order valence-electron chi connectivity index (χ3n) is 1.93. The number of hydrogen-bond donors (Lipinski definition) is 0. The molecule has 0 unspecified atom stereocenters. The Labute approximate surface area is 66.4 Å². The lowest BCUT2D eigenvalue weighted by atomic mass is 10.1. The van der Waals surface area contributed by atoms with Crippen molar-refractivity contribution in [3.05, 3.63) is 0 Å². The maximum atomic E-state index is 11.1. The number of carbonyl (C=O) groups excluding carboxylic acids is 2. The Kier molecular flexibility index (Phi) is 2.63. The highest BCUT2D eigenvalue weighted by Crippen LogP contribution is 2.11. The van der Waals surface area contributed by atoms with Gasteiger partial charge in [-0.15, -0.1) is 0 Å². The van der Waals surface area contributed by atoms with Crippen molar-refractivity contribution in [2.24, 2.45) is 0 Å². The SMILES string of the molecule is CCC(=O)N1CCCCC1=O. The average Bonchev–Trinajstić information content (AvgIpc) is 2.04. The van der Waals surface area contributed by atoms with Crippen LogP contribution in [0.15, 0.2) is 0 Å². The third-order valence-corrected chi connectivity index (χ3v) is 1.93. The van der Waals surface area contributed by atoms with Crippen molar-refractivity contribution in [3.63, 3.8) is 0 Å². The average molecular weight is 155 g/mol. The zero-order valence-corrected chi connectivity index (χ0v) is 6.80. The van der Waals surface area contributed by atoms with E-state index in [1.54, 1.807) is 6.92 Å². The molecule has 3 nitrogen and oxygen atoms in total. The fourth-order valence-electron chi connectivity index (χ4n) is 1.26. The Balaban J connectivity index is 2.54. The van der Waals surface area contributed by atoms with Crippen molar-refractivity contribution in [1.29, 1.82) is 0 Å². The van der Waals surface area contributed by atoms with E-state index in [0.717, 1.165) is 12.8 Å². The van der Waals surface area contributed by atoms with Crippen LogP contribution in [0.4, 0.5) is 0 Å². The number of imide groups is 1. The van der Waals surface area contributed by atoms with Crippen molar-refractivity contribution in [3.8, 4) is 0 Å². The van der Waals surface area contributed by atoms with E-state index in [0.29, 0.717) is 19.4 Å². The van der Waals surface area contributed by atoms with Crippen LogP contribution in [0.3, 0.4) is 0 Å². The number of piperidine rings is 1. The van der Waals surface area contributed by atoms with Gasteiger partial charge in [-0.1, -0.05) is 6.92 Å². The zero-order valence-electron chi connectivity index (χ0n) is 6.80. The van der Waals surface area contributed by atoms with Gasteiger partial charge in [0.2, 0.25) is 11.8 Å². The summed E-state index contributed by atoms with van der Waals surface area (Å²) in [5.41, 5.74) is 0. The molecular weight excluding hydrogens is 142 g/mol. The van der Waals surface area contributed by atoms with Gasteiger partial charge in [0, 0.05) is 19.4 Å². The fourth-order valence-corrected chi connectivity index (χ4v) is 1.26. The molecular formula is C8H13NO2. The summed E-state index contributed by atoms with van der Waals surface area (Å²) >= 11 is 0. The molecule has 0 atom stereocenters. The molecule has 1 rings (SSSR count). The largest absolute Gasteiger partial charge is 0.283 e. The lowest BCUT2D eigenvalue weighted by molar-refractivity contribution is -0.146. The van der Waals surface area contributed by atoms with Crippen LogP contribution in [0.2, 0.25) is 0 Å². The molecule has 1 heterocycles. The summed E-state index contributed by atoms with van der Waals surface area (Å²) in [6.45, 7) is 2.41. The highest BCUT2D eigenvalue weighted by Gasteiger charge is 2.22. The van der Waals surface area contributed by atoms with E-state index < -0.39 is 0 Å². The number of hydrogen-bond acceptors (Lipinski definition) is 2. The number of rotatable bonds is 1. The highest BCUT2D eigenvalue weighted by atomic mass is 16.2. The molecule has 0 spiro atoms. The van der Waals surface area contributed by atoms with Crippen molar-refractivity contribution >= 4 is 11.8 Å². The van der Waals surface area contributed by atoms with E-state index in [9.17, 15) is 9.59 Å². The molecule has 2 amide bonds. The van der Waals surface area contributed by atoms with Gasteiger partial charge in [0.25, 0.3) is 0 Å². The molecule has 1 fully saturated rings. The molecule has 0 aromatic heterocycles. The molecule has 0 radical (unpaired) electrons. The van der Waals surface area contributed by atoms with Gasteiger partial charge in [-0.05, 0) is 12.8 Å². The summed E-state index contributed by atoms with van der Waals surface area (Å²) in [4.78, 5) is 23.6. The van der Waals surface area contributed by atoms with E-state index >= 15 is 0 Å². The van der Waals surface area contributed by atoms with Gasteiger partial charge >= 0.3 is 0 Å². The number of amides is 2. The predicted octanol–water partition coefficient (Wildman–Crippen LogP) is 0.935. The predicted molar refractivity (Wildman–Crippen MR) is 40.9 cm³/mol. The lowest BCUT2D eigenvalue weighted by Gasteiger charge is -2.24. The maximum Gasteiger partial charge on any atom is 0.229 e. The minimum absolute atomic E-state index is 0.00287. The Hall–Kier alpha value is -0.860. The fraction of sp³-hybridized carbons (Fsp3) is 0.750. The smallest absolute Gasteiger partial charge is 0.229 e. The Morgan fingerprint density at radius 2 is 2.27 bits per heavy atom. The van der Waals surface area contributed by atoms with E-state index in [1.807, 2.05) is 0 Å². The van der Waals surface area contributed by atoms with Crippen LogP contribution in [0.1, 0.15) is 32.6 Å². The Morgan fingerprint density at radius 3 is 2.82 bits per heavy atom. The van der Waals surface area contributed by atoms with E-state index in [2.05, 4.69) is 0 Å². The van der Waals surface area contributed by atoms with Crippen molar-refractivity contribution < 1.29 is 9.59 Å². The molecule has 0 aromatic carbocycles. The number of nitrogens with zero attached hydrogens (tertiary/aromatic N) is 1. The maximum absolute atomic E-state index is 11.1. The molecule has 0 aliphatic carbocycles. The molecule has 0 saturated carbocycles. The van der Waals surface area contributed by atoms with Crippen LogP contribution < -0.4 is 0 Å². The number of likely N-dealkylation sites (tertiary alicyclic amines) is 1. The second-order valence-corrected chi connectivity index (χ2v) is 2.75. The van der Waals surface area contributed by atoms with E-state index in [-0.39, 0.29) is 11.8 Å². The Bertz CT molecular complexity index is 169. The third kappa shape index (κ3) is 1.79. The molecule has 62 valence electrons.